The van der Waals surface area contributed by atoms with Crippen LogP contribution < -0.4 is 20.9 Å². The highest BCUT2D eigenvalue weighted by atomic mass is 35.5. The number of anilines is 5. The molecule has 1 amide bonds. The summed E-state index contributed by atoms with van der Waals surface area (Å²) in [5.41, 5.74) is 2.24. The molecule has 0 atom stereocenters. The van der Waals surface area contributed by atoms with Crippen molar-refractivity contribution in [1.82, 2.24) is 14.9 Å². The molecule has 2 heterocycles. The van der Waals surface area contributed by atoms with E-state index in [1.807, 2.05) is 12.1 Å². The summed E-state index contributed by atoms with van der Waals surface area (Å²) in [5.74, 6) is 0.315. The van der Waals surface area contributed by atoms with Crippen molar-refractivity contribution in [3.63, 3.8) is 0 Å². The van der Waals surface area contributed by atoms with E-state index < -0.39 is 0 Å². The van der Waals surface area contributed by atoms with Crippen LogP contribution in [0.5, 0.6) is 0 Å². The molecule has 3 N–H and O–H groups in total. The Balaban J connectivity index is 1.92. The first-order valence-corrected chi connectivity index (χ1v) is 10.6. The van der Waals surface area contributed by atoms with Crippen molar-refractivity contribution in [3.8, 4) is 6.07 Å². The van der Waals surface area contributed by atoms with Crippen LogP contribution in [0.2, 0.25) is 5.02 Å². The maximum absolute atomic E-state index is 12.1. The van der Waals surface area contributed by atoms with Crippen molar-refractivity contribution in [1.29, 1.82) is 5.26 Å². The van der Waals surface area contributed by atoms with E-state index in [9.17, 15) is 4.79 Å². The Morgan fingerprint density at radius 3 is 2.66 bits per heavy atom. The molecule has 168 valence electrons. The number of amides is 1. The Labute approximate surface area is 193 Å². The minimum absolute atomic E-state index is 0.262. The first kappa shape index (κ1) is 23.3. The number of halogens is 1. The van der Waals surface area contributed by atoms with Gasteiger partial charge in [0.25, 0.3) is 0 Å². The van der Waals surface area contributed by atoms with Gasteiger partial charge in [0.05, 0.1) is 28.3 Å². The van der Waals surface area contributed by atoms with Gasteiger partial charge in [0.2, 0.25) is 11.9 Å². The van der Waals surface area contributed by atoms with Crippen LogP contribution in [0.1, 0.15) is 18.4 Å². The van der Waals surface area contributed by atoms with Gasteiger partial charge in [0.1, 0.15) is 17.5 Å². The monoisotopic (exact) mass is 454 g/mol. The van der Waals surface area contributed by atoms with Crippen molar-refractivity contribution < 1.29 is 4.79 Å². The Morgan fingerprint density at radius 2 is 2.06 bits per heavy atom. The van der Waals surface area contributed by atoms with E-state index in [0.717, 1.165) is 31.6 Å². The molecular formula is C22H27ClN8O. The number of hydrogen-bond donors (Lipinski definition) is 3. The van der Waals surface area contributed by atoms with Crippen LogP contribution in [0.4, 0.5) is 28.8 Å². The molecule has 1 aliphatic heterocycles. The maximum Gasteiger partial charge on any atom is 0.247 e. The van der Waals surface area contributed by atoms with E-state index in [2.05, 4.69) is 56.4 Å². The highest BCUT2D eigenvalue weighted by Crippen LogP contribution is 2.37. The Kier molecular flexibility index (Phi) is 7.51. The van der Waals surface area contributed by atoms with Crippen LogP contribution in [-0.2, 0) is 4.79 Å². The van der Waals surface area contributed by atoms with Crippen molar-refractivity contribution in [2.24, 2.45) is 0 Å². The van der Waals surface area contributed by atoms with Crippen LogP contribution in [0.15, 0.2) is 31.0 Å². The largest absolute Gasteiger partial charge is 0.372 e. The molecule has 9 nitrogen and oxygen atoms in total. The average Bonchev–Trinajstić information content (AvgIpc) is 2.80. The lowest BCUT2D eigenvalue weighted by atomic mass is 10.0. The summed E-state index contributed by atoms with van der Waals surface area (Å²) in [6.45, 7) is 5.27. The van der Waals surface area contributed by atoms with Crippen molar-refractivity contribution in [2.75, 3.05) is 55.1 Å². The van der Waals surface area contributed by atoms with Gasteiger partial charge in [-0.3, -0.25) is 4.79 Å². The second-order valence-electron chi connectivity index (χ2n) is 7.67. The Bertz CT molecular complexity index is 1040. The zero-order valence-electron chi connectivity index (χ0n) is 18.4. The molecule has 0 saturated carbocycles. The molecule has 1 saturated heterocycles. The number of nitrogens with zero attached hydrogens (tertiary/aromatic N) is 5. The summed E-state index contributed by atoms with van der Waals surface area (Å²) in [7, 11) is 5.87. The zero-order valence-corrected chi connectivity index (χ0v) is 19.2. The molecule has 1 fully saturated rings. The van der Waals surface area contributed by atoms with Crippen molar-refractivity contribution in [3.05, 3.63) is 41.6 Å². The van der Waals surface area contributed by atoms with E-state index in [1.54, 1.807) is 13.1 Å². The highest BCUT2D eigenvalue weighted by molar-refractivity contribution is 6.34. The highest BCUT2D eigenvalue weighted by Gasteiger charge is 2.23. The Morgan fingerprint density at radius 1 is 1.34 bits per heavy atom. The molecule has 0 aliphatic carbocycles. The molecule has 1 aromatic heterocycles. The van der Waals surface area contributed by atoms with Crippen LogP contribution >= 0.6 is 11.6 Å². The van der Waals surface area contributed by atoms with Gasteiger partial charge in [-0.05, 0) is 45.1 Å². The predicted octanol–water partition coefficient (Wildman–Crippen LogP) is 3.44. The summed E-state index contributed by atoms with van der Waals surface area (Å²) >= 11 is 6.66. The number of rotatable bonds is 7. The fourth-order valence-corrected chi connectivity index (χ4v) is 3.94. The summed E-state index contributed by atoms with van der Waals surface area (Å²) in [6, 6.07) is 6.17. The molecule has 2 aromatic rings. The molecule has 0 unspecified atom stereocenters. The molecule has 32 heavy (non-hydrogen) atoms. The topological polar surface area (TPSA) is 109 Å². The fourth-order valence-electron chi connectivity index (χ4n) is 3.65. The van der Waals surface area contributed by atoms with Crippen molar-refractivity contribution in [2.45, 2.75) is 18.9 Å². The molecule has 1 aliphatic rings. The van der Waals surface area contributed by atoms with Crippen LogP contribution in [-0.4, -0.2) is 61.0 Å². The zero-order chi connectivity index (χ0) is 23.3. The summed E-state index contributed by atoms with van der Waals surface area (Å²) in [6.07, 6.45) is 4.69. The van der Waals surface area contributed by atoms with E-state index in [1.165, 1.54) is 12.3 Å². The number of carbonyl (C=O) groups is 1. The van der Waals surface area contributed by atoms with Gasteiger partial charge >= 0.3 is 0 Å². The number of nitriles is 1. The van der Waals surface area contributed by atoms with E-state index in [-0.39, 0.29) is 11.9 Å². The number of aromatic nitrogens is 2. The van der Waals surface area contributed by atoms with Gasteiger partial charge in [0.15, 0.2) is 0 Å². The van der Waals surface area contributed by atoms with Gasteiger partial charge in [-0.2, -0.15) is 10.2 Å². The van der Waals surface area contributed by atoms with Crippen molar-refractivity contribution >= 4 is 46.3 Å². The van der Waals surface area contributed by atoms with E-state index in [0.29, 0.717) is 33.8 Å². The van der Waals surface area contributed by atoms with E-state index in [4.69, 9.17) is 16.9 Å². The number of benzene rings is 1. The molecule has 3 rings (SSSR count). The normalized spacial score (nSPS) is 14.1. The standard InChI is InChI=1S/C22H27ClN8O/c1-5-20(32)27-18-11-19(31-8-6-15(7-9-31)30(3)4)16(23)10-17(18)28-22-26-13-14(12-24)21(25-2)29-22/h5,10-11,13,15H,1,6-9H2,2-4H3,(H,27,32)(H2,25,26,28,29). The van der Waals surface area contributed by atoms with Gasteiger partial charge in [-0.25, -0.2) is 4.98 Å². The lowest BCUT2D eigenvalue weighted by Crippen LogP contribution is -2.42. The van der Waals surface area contributed by atoms with Gasteiger partial charge in [-0.1, -0.05) is 18.2 Å². The SMILES string of the molecule is C=CC(=O)Nc1cc(N2CCC(N(C)C)CC2)c(Cl)cc1Nc1ncc(C#N)c(NC)n1. The summed E-state index contributed by atoms with van der Waals surface area (Å²) in [4.78, 5) is 25.1. The van der Waals surface area contributed by atoms with Gasteiger partial charge in [0, 0.05) is 26.2 Å². The molecule has 10 heteroatoms. The number of carbonyl (C=O) groups excluding carboxylic acids is 1. The third kappa shape index (κ3) is 5.28. The van der Waals surface area contributed by atoms with E-state index >= 15 is 0 Å². The smallest absolute Gasteiger partial charge is 0.247 e. The number of hydrogen-bond acceptors (Lipinski definition) is 8. The maximum atomic E-state index is 12.1. The van der Waals surface area contributed by atoms with Crippen LogP contribution in [0.3, 0.4) is 0 Å². The predicted molar refractivity (Wildman–Crippen MR) is 129 cm³/mol. The summed E-state index contributed by atoms with van der Waals surface area (Å²) < 4.78 is 0. The fraction of sp³-hybridized carbons (Fsp3) is 0.364. The number of nitrogens with one attached hydrogen (secondary N) is 3. The van der Waals surface area contributed by atoms with Gasteiger partial charge < -0.3 is 25.8 Å². The minimum Gasteiger partial charge on any atom is -0.372 e. The first-order valence-electron chi connectivity index (χ1n) is 10.3. The average molecular weight is 455 g/mol. The van der Waals surface area contributed by atoms with Gasteiger partial charge in [-0.15, -0.1) is 0 Å². The van der Waals surface area contributed by atoms with Crippen LogP contribution in [0, 0.1) is 11.3 Å². The quantitative estimate of drug-likeness (QED) is 0.546. The Hall–Kier alpha value is -3.35. The molecule has 0 spiro atoms. The van der Waals surface area contributed by atoms with Crippen LogP contribution in [0.25, 0.3) is 0 Å². The molecule has 0 radical (unpaired) electrons. The minimum atomic E-state index is -0.343. The third-order valence-corrected chi connectivity index (χ3v) is 5.76. The second kappa shape index (κ2) is 10.3. The first-order chi connectivity index (χ1) is 15.4. The lowest BCUT2D eigenvalue weighted by Gasteiger charge is -2.37. The second-order valence-corrected chi connectivity index (χ2v) is 8.07. The molecule has 1 aromatic carbocycles. The lowest BCUT2D eigenvalue weighted by molar-refractivity contribution is -0.111. The third-order valence-electron chi connectivity index (χ3n) is 5.46. The number of piperidine rings is 1. The summed E-state index contributed by atoms with van der Waals surface area (Å²) in [5, 5.41) is 18.5. The molecule has 0 bridgehead atoms. The molecular weight excluding hydrogens is 428 g/mol.